The first-order chi connectivity index (χ1) is 11.3. The van der Waals surface area contributed by atoms with Crippen molar-refractivity contribution in [3.63, 3.8) is 0 Å². The highest BCUT2D eigenvalue weighted by atomic mass is 16.5. The zero-order valence-corrected chi connectivity index (χ0v) is 12.5. The first kappa shape index (κ1) is 14.9. The van der Waals surface area contributed by atoms with Crippen molar-refractivity contribution in [2.45, 2.75) is 13.2 Å². The van der Waals surface area contributed by atoms with E-state index in [1.807, 2.05) is 36.4 Å². The Morgan fingerprint density at radius 3 is 2.78 bits per heavy atom. The molecule has 3 rings (SSSR count). The molecule has 0 saturated heterocycles. The molecular formula is C18H15N3O2. The van der Waals surface area contributed by atoms with Crippen LogP contribution >= 0.6 is 0 Å². The fourth-order valence-electron chi connectivity index (χ4n) is 2.31. The predicted molar refractivity (Wildman–Crippen MR) is 86.8 cm³/mol. The summed E-state index contributed by atoms with van der Waals surface area (Å²) in [5.74, 6) is 0. The summed E-state index contributed by atoms with van der Waals surface area (Å²) in [5.41, 5.74) is 2.01. The van der Waals surface area contributed by atoms with E-state index in [4.69, 9.17) is 10.00 Å². The van der Waals surface area contributed by atoms with Crippen LogP contribution in [0.1, 0.15) is 11.1 Å². The Morgan fingerprint density at radius 2 is 2.00 bits per heavy atom. The molecule has 0 amide bonds. The van der Waals surface area contributed by atoms with Crippen molar-refractivity contribution in [3.8, 4) is 6.07 Å². The normalized spacial score (nSPS) is 10.6. The fourth-order valence-corrected chi connectivity index (χ4v) is 2.31. The minimum atomic E-state index is -0.122. The van der Waals surface area contributed by atoms with Crippen LogP contribution in [0.4, 0.5) is 0 Å². The second-order valence-corrected chi connectivity index (χ2v) is 5.13. The first-order valence-corrected chi connectivity index (χ1v) is 7.29. The molecule has 1 aromatic heterocycles. The molecule has 0 saturated carbocycles. The molecule has 0 atom stereocenters. The number of aromatic nitrogens is 2. The largest absolute Gasteiger partial charge is 0.375 e. The molecular weight excluding hydrogens is 290 g/mol. The van der Waals surface area contributed by atoms with E-state index in [1.54, 1.807) is 18.2 Å². The summed E-state index contributed by atoms with van der Waals surface area (Å²) in [4.78, 5) is 16.6. The molecule has 114 valence electrons. The summed E-state index contributed by atoms with van der Waals surface area (Å²) in [7, 11) is 0. The van der Waals surface area contributed by atoms with Crippen molar-refractivity contribution >= 4 is 10.9 Å². The number of ether oxygens (including phenoxy) is 1. The van der Waals surface area contributed by atoms with Gasteiger partial charge in [-0.3, -0.25) is 9.36 Å². The monoisotopic (exact) mass is 305 g/mol. The van der Waals surface area contributed by atoms with Crippen LogP contribution in [-0.4, -0.2) is 16.2 Å². The minimum absolute atomic E-state index is 0.122. The summed E-state index contributed by atoms with van der Waals surface area (Å²) in [5, 5.41) is 9.39. The van der Waals surface area contributed by atoms with Gasteiger partial charge < -0.3 is 4.74 Å². The van der Waals surface area contributed by atoms with Gasteiger partial charge >= 0.3 is 0 Å². The predicted octanol–water partition coefficient (Wildman–Crippen LogP) is 2.48. The Balaban J connectivity index is 1.68. The molecule has 0 aliphatic rings. The molecule has 1 heterocycles. The quantitative estimate of drug-likeness (QED) is 0.679. The van der Waals surface area contributed by atoms with Gasteiger partial charge in [0.2, 0.25) is 0 Å². The minimum Gasteiger partial charge on any atom is -0.375 e. The van der Waals surface area contributed by atoms with Gasteiger partial charge in [0.05, 0.1) is 48.6 Å². The standard InChI is InChI=1S/C18H15N3O2/c19-11-15-6-7-16-17(10-15)20-13-21(18(16)22)8-9-23-12-14-4-2-1-3-5-14/h1-7,10,13H,8-9,12H2. The summed E-state index contributed by atoms with van der Waals surface area (Å²) >= 11 is 0. The van der Waals surface area contributed by atoms with E-state index in [0.717, 1.165) is 5.56 Å². The van der Waals surface area contributed by atoms with Gasteiger partial charge in [0, 0.05) is 0 Å². The van der Waals surface area contributed by atoms with Crippen molar-refractivity contribution in [3.05, 3.63) is 76.3 Å². The van der Waals surface area contributed by atoms with E-state index >= 15 is 0 Å². The molecule has 23 heavy (non-hydrogen) atoms. The molecule has 3 aromatic rings. The molecule has 5 heteroatoms. The lowest BCUT2D eigenvalue weighted by atomic mass is 10.2. The van der Waals surface area contributed by atoms with Crippen LogP contribution < -0.4 is 5.56 Å². The van der Waals surface area contributed by atoms with Crippen LogP contribution in [0.3, 0.4) is 0 Å². The van der Waals surface area contributed by atoms with Crippen molar-refractivity contribution in [2.24, 2.45) is 0 Å². The Hall–Kier alpha value is -2.97. The molecule has 0 bridgehead atoms. The number of rotatable bonds is 5. The van der Waals surface area contributed by atoms with E-state index in [-0.39, 0.29) is 5.56 Å². The van der Waals surface area contributed by atoms with Gasteiger partial charge in [0.25, 0.3) is 5.56 Å². The van der Waals surface area contributed by atoms with Gasteiger partial charge in [-0.05, 0) is 23.8 Å². The SMILES string of the molecule is N#Cc1ccc2c(=O)n(CCOCc3ccccc3)cnc2c1. The number of hydrogen-bond acceptors (Lipinski definition) is 4. The molecule has 2 aromatic carbocycles. The van der Waals surface area contributed by atoms with Gasteiger partial charge in [0.1, 0.15) is 0 Å². The molecule has 0 unspecified atom stereocenters. The third-order valence-corrected chi connectivity index (χ3v) is 3.54. The van der Waals surface area contributed by atoms with Crippen molar-refractivity contribution < 1.29 is 4.74 Å². The van der Waals surface area contributed by atoms with Crippen LogP contribution in [0.5, 0.6) is 0 Å². The van der Waals surface area contributed by atoms with Crippen molar-refractivity contribution in [1.82, 2.24) is 9.55 Å². The topological polar surface area (TPSA) is 67.9 Å². The molecule has 0 radical (unpaired) electrons. The van der Waals surface area contributed by atoms with Gasteiger partial charge in [-0.15, -0.1) is 0 Å². The summed E-state index contributed by atoms with van der Waals surface area (Å²) in [6, 6.07) is 16.8. The number of hydrogen-bond donors (Lipinski definition) is 0. The number of nitrogens with zero attached hydrogens (tertiary/aromatic N) is 3. The van der Waals surface area contributed by atoms with E-state index < -0.39 is 0 Å². The third-order valence-electron chi connectivity index (χ3n) is 3.54. The Morgan fingerprint density at radius 1 is 1.17 bits per heavy atom. The molecule has 0 aliphatic carbocycles. The van der Waals surface area contributed by atoms with Gasteiger partial charge in [-0.1, -0.05) is 30.3 Å². The lowest BCUT2D eigenvalue weighted by molar-refractivity contribution is 0.112. The van der Waals surface area contributed by atoms with Crippen LogP contribution in [-0.2, 0) is 17.9 Å². The smallest absolute Gasteiger partial charge is 0.261 e. The van der Waals surface area contributed by atoms with E-state index in [1.165, 1.54) is 10.9 Å². The maximum absolute atomic E-state index is 12.4. The summed E-state index contributed by atoms with van der Waals surface area (Å²) < 4.78 is 7.12. The highest BCUT2D eigenvalue weighted by molar-refractivity contribution is 5.78. The fraction of sp³-hybridized carbons (Fsp3) is 0.167. The maximum atomic E-state index is 12.4. The summed E-state index contributed by atoms with van der Waals surface area (Å²) in [6.45, 7) is 1.38. The highest BCUT2D eigenvalue weighted by Crippen LogP contribution is 2.09. The van der Waals surface area contributed by atoms with Crippen LogP contribution in [0.25, 0.3) is 10.9 Å². The van der Waals surface area contributed by atoms with Crippen molar-refractivity contribution in [1.29, 1.82) is 5.26 Å². The third kappa shape index (κ3) is 3.44. The Bertz CT molecular complexity index is 911. The van der Waals surface area contributed by atoms with E-state index in [0.29, 0.717) is 36.2 Å². The average Bonchev–Trinajstić information content (AvgIpc) is 2.61. The molecule has 5 nitrogen and oxygen atoms in total. The first-order valence-electron chi connectivity index (χ1n) is 7.29. The van der Waals surface area contributed by atoms with Gasteiger partial charge in [-0.25, -0.2) is 4.98 Å². The Kier molecular flexibility index (Phi) is 4.46. The van der Waals surface area contributed by atoms with Crippen LogP contribution in [0, 0.1) is 11.3 Å². The van der Waals surface area contributed by atoms with Gasteiger partial charge in [-0.2, -0.15) is 5.26 Å². The number of benzene rings is 2. The van der Waals surface area contributed by atoms with Crippen LogP contribution in [0.15, 0.2) is 59.7 Å². The second kappa shape index (κ2) is 6.86. The van der Waals surface area contributed by atoms with Crippen molar-refractivity contribution in [2.75, 3.05) is 6.61 Å². The molecule has 0 spiro atoms. The maximum Gasteiger partial charge on any atom is 0.261 e. The van der Waals surface area contributed by atoms with E-state index in [9.17, 15) is 4.79 Å². The average molecular weight is 305 g/mol. The van der Waals surface area contributed by atoms with Gasteiger partial charge in [0.15, 0.2) is 0 Å². The molecule has 0 fully saturated rings. The summed E-state index contributed by atoms with van der Waals surface area (Å²) in [6.07, 6.45) is 1.50. The lowest BCUT2D eigenvalue weighted by Gasteiger charge is -2.08. The number of nitriles is 1. The lowest BCUT2D eigenvalue weighted by Crippen LogP contribution is -2.22. The highest BCUT2D eigenvalue weighted by Gasteiger charge is 2.05. The zero-order valence-electron chi connectivity index (χ0n) is 12.5. The van der Waals surface area contributed by atoms with E-state index in [2.05, 4.69) is 4.98 Å². The number of fused-ring (bicyclic) bond motifs is 1. The molecule has 0 N–H and O–H groups in total. The molecule has 0 aliphatic heterocycles. The zero-order chi connectivity index (χ0) is 16.1. The second-order valence-electron chi connectivity index (χ2n) is 5.13. The Labute approximate surface area is 133 Å². The van der Waals surface area contributed by atoms with Crippen LogP contribution in [0.2, 0.25) is 0 Å².